The number of primary amides is 1. The Balaban J connectivity index is 1.87. The van der Waals surface area contributed by atoms with Gasteiger partial charge in [-0.05, 0) is 50.8 Å². The van der Waals surface area contributed by atoms with Crippen molar-refractivity contribution in [2.75, 3.05) is 13.1 Å². The Hall–Kier alpha value is -3.91. The summed E-state index contributed by atoms with van der Waals surface area (Å²) in [6.07, 6.45) is -1.74. The van der Waals surface area contributed by atoms with Crippen LogP contribution in [0.15, 0.2) is 66.7 Å². The van der Waals surface area contributed by atoms with E-state index in [1.807, 2.05) is 44.2 Å². The van der Waals surface area contributed by atoms with E-state index in [1.54, 1.807) is 51.1 Å². The summed E-state index contributed by atoms with van der Waals surface area (Å²) < 4.78 is 30.4. The molecule has 244 valence electrons. The molecule has 3 atom stereocenters. The first-order valence-corrected chi connectivity index (χ1v) is 16.2. The third-order valence-electron chi connectivity index (χ3n) is 6.68. The van der Waals surface area contributed by atoms with E-state index in [-0.39, 0.29) is 31.1 Å². The number of carbonyl (C=O) groups excluding carboxylic acids is 3. The van der Waals surface area contributed by atoms with Crippen LogP contribution in [0.1, 0.15) is 57.1 Å². The molecule has 3 rings (SSSR count). The van der Waals surface area contributed by atoms with Gasteiger partial charge in [-0.25, -0.2) is 4.98 Å². The highest BCUT2D eigenvalue weighted by molar-refractivity contribution is 7.87. The molecule has 13 heteroatoms. The standard InChI is InChI=1S/C32H44N6O6S/c1-21(2)19-38(45(43,44)37-32(3,4)5)20-28(39)26(17-22-11-7-6-8-12-22)35-31(42)27(18-29(33)40)36-30(41)25-16-15-23-13-9-10-14-24(23)34-25/h6-16,21,26-28,37,39H,17-20H2,1-5H3,(H2,33,40)(H,35,42)(H,36,41)/t26-,27?,28+/m0/s1. The first kappa shape index (κ1) is 35.6. The van der Waals surface area contributed by atoms with Gasteiger partial charge in [0.1, 0.15) is 11.7 Å². The van der Waals surface area contributed by atoms with Gasteiger partial charge in [0.2, 0.25) is 11.8 Å². The first-order valence-electron chi connectivity index (χ1n) is 14.8. The Labute approximate surface area is 265 Å². The van der Waals surface area contributed by atoms with Crippen LogP contribution in [0.25, 0.3) is 10.9 Å². The van der Waals surface area contributed by atoms with Gasteiger partial charge in [0.05, 0.1) is 24.1 Å². The number of carbonyl (C=O) groups is 3. The largest absolute Gasteiger partial charge is 0.390 e. The number of amides is 3. The summed E-state index contributed by atoms with van der Waals surface area (Å²) >= 11 is 0. The third kappa shape index (κ3) is 11.2. The Kier molecular flexibility index (Phi) is 12.2. The summed E-state index contributed by atoms with van der Waals surface area (Å²) in [7, 11) is -4.01. The minimum Gasteiger partial charge on any atom is -0.390 e. The Bertz CT molecular complexity index is 1580. The van der Waals surface area contributed by atoms with E-state index >= 15 is 0 Å². The second-order valence-corrected chi connectivity index (χ2v) is 14.2. The highest BCUT2D eigenvalue weighted by atomic mass is 32.2. The van der Waals surface area contributed by atoms with E-state index in [1.165, 1.54) is 6.07 Å². The molecular weight excluding hydrogens is 596 g/mol. The molecule has 0 radical (unpaired) electrons. The average molecular weight is 641 g/mol. The molecule has 1 heterocycles. The van der Waals surface area contributed by atoms with Gasteiger partial charge in [0.15, 0.2) is 0 Å². The molecule has 0 aliphatic heterocycles. The minimum atomic E-state index is -4.01. The maximum atomic E-state index is 13.6. The van der Waals surface area contributed by atoms with Gasteiger partial charge in [-0.3, -0.25) is 14.4 Å². The number of hydrogen-bond donors (Lipinski definition) is 5. The van der Waals surface area contributed by atoms with E-state index in [0.717, 1.165) is 15.3 Å². The average Bonchev–Trinajstić information content (AvgIpc) is 2.94. The lowest BCUT2D eigenvalue weighted by Crippen LogP contribution is -2.57. The van der Waals surface area contributed by atoms with Crippen LogP contribution >= 0.6 is 0 Å². The number of para-hydroxylation sites is 1. The number of nitrogens with zero attached hydrogens (tertiary/aromatic N) is 2. The quantitative estimate of drug-likeness (QED) is 0.168. The van der Waals surface area contributed by atoms with E-state index in [0.29, 0.717) is 5.52 Å². The number of pyridine rings is 1. The lowest BCUT2D eigenvalue weighted by atomic mass is 10.00. The predicted octanol–water partition coefficient (Wildman–Crippen LogP) is 1.89. The second kappa shape index (κ2) is 15.4. The fourth-order valence-electron chi connectivity index (χ4n) is 4.74. The normalized spacial score (nSPS) is 14.2. The molecule has 3 amide bonds. The van der Waals surface area contributed by atoms with Gasteiger partial charge < -0.3 is 21.5 Å². The van der Waals surface area contributed by atoms with Crippen LogP contribution in [0.5, 0.6) is 0 Å². The lowest BCUT2D eigenvalue weighted by Gasteiger charge is -2.33. The molecule has 0 aliphatic rings. The zero-order chi connectivity index (χ0) is 33.4. The molecule has 0 aliphatic carbocycles. The van der Waals surface area contributed by atoms with Crippen molar-refractivity contribution in [2.24, 2.45) is 11.7 Å². The fraction of sp³-hybridized carbons (Fsp3) is 0.438. The number of aromatic nitrogens is 1. The zero-order valence-corrected chi connectivity index (χ0v) is 27.2. The van der Waals surface area contributed by atoms with Crippen molar-refractivity contribution in [1.29, 1.82) is 0 Å². The van der Waals surface area contributed by atoms with Gasteiger partial charge in [-0.2, -0.15) is 17.4 Å². The zero-order valence-electron chi connectivity index (χ0n) is 26.4. The van der Waals surface area contributed by atoms with E-state index in [4.69, 9.17) is 5.73 Å². The minimum absolute atomic E-state index is 0.0396. The number of hydrogen-bond acceptors (Lipinski definition) is 7. The molecule has 45 heavy (non-hydrogen) atoms. The Morgan fingerprint density at radius 3 is 2.20 bits per heavy atom. The highest BCUT2D eigenvalue weighted by Gasteiger charge is 2.34. The molecule has 1 aromatic heterocycles. The molecule has 12 nitrogen and oxygen atoms in total. The van der Waals surface area contributed by atoms with Crippen LogP contribution in [0.2, 0.25) is 0 Å². The molecule has 0 spiro atoms. The van der Waals surface area contributed by atoms with Crippen molar-refractivity contribution in [2.45, 2.75) is 71.2 Å². The van der Waals surface area contributed by atoms with Gasteiger partial charge in [0.25, 0.3) is 16.1 Å². The van der Waals surface area contributed by atoms with Crippen molar-refractivity contribution < 1.29 is 27.9 Å². The molecule has 0 saturated heterocycles. The molecule has 3 aromatic rings. The molecule has 0 saturated carbocycles. The molecule has 2 aromatic carbocycles. The first-order chi connectivity index (χ1) is 21.0. The highest BCUT2D eigenvalue weighted by Crippen LogP contribution is 2.15. The molecular formula is C32H44N6O6S. The van der Waals surface area contributed by atoms with Crippen LogP contribution in [0.3, 0.4) is 0 Å². The molecule has 0 bridgehead atoms. The van der Waals surface area contributed by atoms with Gasteiger partial charge in [-0.1, -0.05) is 68.4 Å². The monoisotopic (exact) mass is 640 g/mol. The second-order valence-electron chi connectivity index (χ2n) is 12.5. The van der Waals surface area contributed by atoms with Crippen LogP contribution in [-0.4, -0.2) is 77.4 Å². The Morgan fingerprint density at radius 1 is 0.933 bits per heavy atom. The molecule has 6 N–H and O–H groups in total. The van der Waals surface area contributed by atoms with Crippen LogP contribution in [-0.2, 0) is 26.2 Å². The third-order valence-corrected chi connectivity index (χ3v) is 8.53. The van der Waals surface area contributed by atoms with E-state index in [2.05, 4.69) is 20.3 Å². The number of aliphatic hydroxyl groups excluding tert-OH is 1. The van der Waals surface area contributed by atoms with Gasteiger partial charge >= 0.3 is 0 Å². The number of aliphatic hydroxyl groups is 1. The van der Waals surface area contributed by atoms with Gasteiger partial charge in [0, 0.05) is 24.0 Å². The van der Waals surface area contributed by atoms with Crippen molar-refractivity contribution in [1.82, 2.24) is 24.6 Å². The van der Waals surface area contributed by atoms with E-state index < -0.39 is 58.1 Å². The predicted molar refractivity (Wildman–Crippen MR) is 173 cm³/mol. The smallest absolute Gasteiger partial charge is 0.280 e. The SMILES string of the molecule is CC(C)CN(C[C@@H](O)[C@H](Cc1ccccc1)NC(=O)C(CC(N)=O)NC(=O)c1ccc2ccccc2n1)S(=O)(=O)NC(C)(C)C. The molecule has 0 fully saturated rings. The van der Waals surface area contributed by atoms with Crippen molar-refractivity contribution in [3.63, 3.8) is 0 Å². The summed E-state index contributed by atoms with van der Waals surface area (Å²) in [6.45, 7) is 8.66. The van der Waals surface area contributed by atoms with Crippen molar-refractivity contribution in [3.8, 4) is 0 Å². The van der Waals surface area contributed by atoms with Crippen LogP contribution < -0.4 is 21.1 Å². The number of benzene rings is 2. The summed E-state index contributed by atoms with van der Waals surface area (Å²) in [6, 6.07) is 17.1. The fourth-order valence-corrected chi connectivity index (χ4v) is 6.48. The van der Waals surface area contributed by atoms with Crippen molar-refractivity contribution in [3.05, 3.63) is 78.0 Å². The van der Waals surface area contributed by atoms with Crippen LogP contribution in [0.4, 0.5) is 0 Å². The topological polar surface area (TPSA) is 184 Å². The summed E-state index contributed by atoms with van der Waals surface area (Å²) in [5.74, 6) is -2.35. The summed E-state index contributed by atoms with van der Waals surface area (Å²) in [4.78, 5) is 43.0. The number of rotatable bonds is 15. The van der Waals surface area contributed by atoms with E-state index in [9.17, 15) is 27.9 Å². The molecule has 1 unspecified atom stereocenters. The van der Waals surface area contributed by atoms with Crippen molar-refractivity contribution >= 4 is 38.8 Å². The summed E-state index contributed by atoms with van der Waals surface area (Å²) in [5.41, 5.74) is 6.05. The summed E-state index contributed by atoms with van der Waals surface area (Å²) in [5, 5.41) is 17.6. The lowest BCUT2D eigenvalue weighted by molar-refractivity contribution is -0.128. The Morgan fingerprint density at radius 2 is 1.58 bits per heavy atom. The maximum absolute atomic E-state index is 13.6. The van der Waals surface area contributed by atoms with Gasteiger partial charge in [-0.15, -0.1) is 0 Å². The number of nitrogens with two attached hydrogens (primary N) is 1. The number of nitrogens with one attached hydrogen (secondary N) is 3. The van der Waals surface area contributed by atoms with Crippen LogP contribution in [0, 0.1) is 5.92 Å². The maximum Gasteiger partial charge on any atom is 0.280 e. The number of fused-ring (bicyclic) bond motifs is 1.